The first kappa shape index (κ1) is 24.8. The van der Waals surface area contributed by atoms with Crippen LogP contribution in [0.5, 0.6) is 5.75 Å². The van der Waals surface area contributed by atoms with Crippen molar-refractivity contribution < 1.29 is 24.5 Å². The Morgan fingerprint density at radius 3 is 1.90 bits per heavy atom. The second-order valence-electron chi connectivity index (χ2n) is 7.54. The van der Waals surface area contributed by atoms with Crippen LogP contribution in [0.1, 0.15) is 101 Å². The van der Waals surface area contributed by atoms with E-state index in [-0.39, 0.29) is 17.0 Å². The van der Waals surface area contributed by atoms with Crippen molar-refractivity contribution in [3.05, 3.63) is 23.8 Å². The molecule has 0 radical (unpaired) electrons. The molecule has 0 aliphatic carbocycles. The summed E-state index contributed by atoms with van der Waals surface area (Å²) in [6.07, 6.45) is 15.7. The van der Waals surface area contributed by atoms with Crippen LogP contribution in [0.3, 0.4) is 0 Å². The fourth-order valence-corrected chi connectivity index (χ4v) is 3.22. The van der Waals surface area contributed by atoms with E-state index in [1.165, 1.54) is 82.4 Å². The zero-order chi connectivity index (χ0) is 21.3. The molecule has 1 aromatic carbocycles. The monoisotopic (exact) mass is 407 g/mol. The van der Waals surface area contributed by atoms with E-state index in [2.05, 4.69) is 12.2 Å². The van der Waals surface area contributed by atoms with E-state index in [4.69, 9.17) is 9.84 Å². The number of nitrogens with one attached hydrogen (secondary N) is 1. The number of anilines is 1. The summed E-state index contributed by atoms with van der Waals surface area (Å²) in [6, 6.07) is 3.85. The summed E-state index contributed by atoms with van der Waals surface area (Å²) in [7, 11) is 0. The first-order chi connectivity index (χ1) is 14.0. The fourth-order valence-electron chi connectivity index (χ4n) is 3.22. The first-order valence-corrected chi connectivity index (χ1v) is 11.0. The molecule has 3 N–H and O–H groups in total. The van der Waals surface area contributed by atoms with Crippen LogP contribution < -0.4 is 5.32 Å². The zero-order valence-electron chi connectivity index (χ0n) is 17.8. The van der Waals surface area contributed by atoms with Gasteiger partial charge in [0.05, 0.1) is 6.61 Å². The Bertz CT molecular complexity index is 603. The van der Waals surface area contributed by atoms with Gasteiger partial charge in [-0.2, -0.15) is 0 Å². The molecule has 0 aliphatic rings. The van der Waals surface area contributed by atoms with Crippen LogP contribution in [0.2, 0.25) is 0 Å². The number of phenols is 1. The Hall–Kier alpha value is -2.24. The van der Waals surface area contributed by atoms with E-state index >= 15 is 0 Å². The van der Waals surface area contributed by atoms with Crippen molar-refractivity contribution in [3.8, 4) is 5.75 Å². The molecule has 164 valence electrons. The number of carboxylic acid groups (broad SMARTS) is 1. The third-order valence-electron chi connectivity index (χ3n) is 4.95. The smallest absolute Gasteiger partial charge is 0.411 e. The zero-order valence-corrected chi connectivity index (χ0v) is 17.8. The summed E-state index contributed by atoms with van der Waals surface area (Å²) in [5.41, 5.74) is 0.00913. The molecule has 0 heterocycles. The van der Waals surface area contributed by atoms with Gasteiger partial charge in [-0.1, -0.05) is 84.0 Å². The lowest BCUT2D eigenvalue weighted by Crippen LogP contribution is -2.14. The predicted molar refractivity (Wildman–Crippen MR) is 116 cm³/mol. The van der Waals surface area contributed by atoms with Gasteiger partial charge in [-0.15, -0.1) is 0 Å². The van der Waals surface area contributed by atoms with Crippen LogP contribution in [0, 0.1) is 0 Å². The molecule has 0 saturated carbocycles. The van der Waals surface area contributed by atoms with Gasteiger partial charge in [0.2, 0.25) is 0 Å². The minimum Gasteiger partial charge on any atom is -0.507 e. The normalized spacial score (nSPS) is 10.7. The number of aromatic hydroxyl groups is 1. The Balaban J connectivity index is 1.98. The maximum Gasteiger partial charge on any atom is 0.411 e. The number of hydrogen-bond acceptors (Lipinski definition) is 4. The third kappa shape index (κ3) is 12.0. The lowest BCUT2D eigenvalue weighted by atomic mass is 10.0. The molecule has 6 nitrogen and oxygen atoms in total. The van der Waals surface area contributed by atoms with Crippen LogP contribution in [0.15, 0.2) is 18.2 Å². The first-order valence-electron chi connectivity index (χ1n) is 11.0. The number of hydrogen-bond donors (Lipinski definition) is 3. The number of aromatic carboxylic acids is 1. The van der Waals surface area contributed by atoms with E-state index in [1.54, 1.807) is 0 Å². The van der Waals surface area contributed by atoms with Gasteiger partial charge in [0, 0.05) is 5.69 Å². The van der Waals surface area contributed by atoms with Crippen LogP contribution in [-0.4, -0.2) is 28.9 Å². The van der Waals surface area contributed by atoms with Gasteiger partial charge in [0.25, 0.3) is 0 Å². The molecular weight excluding hydrogens is 370 g/mol. The number of rotatable bonds is 16. The topological polar surface area (TPSA) is 95.9 Å². The van der Waals surface area contributed by atoms with Gasteiger partial charge in [-0.25, -0.2) is 9.59 Å². The summed E-state index contributed by atoms with van der Waals surface area (Å²) in [6.45, 7) is 2.59. The average molecular weight is 408 g/mol. The van der Waals surface area contributed by atoms with Crippen LogP contribution in [-0.2, 0) is 4.74 Å². The highest BCUT2D eigenvalue weighted by Gasteiger charge is 2.11. The second kappa shape index (κ2) is 15.7. The average Bonchev–Trinajstić information content (AvgIpc) is 2.69. The largest absolute Gasteiger partial charge is 0.507 e. The van der Waals surface area contributed by atoms with Gasteiger partial charge < -0.3 is 14.9 Å². The lowest BCUT2D eigenvalue weighted by molar-refractivity contribution is 0.0693. The number of ether oxygens (including phenoxy) is 1. The van der Waals surface area contributed by atoms with E-state index in [1.807, 2.05) is 0 Å². The summed E-state index contributed by atoms with van der Waals surface area (Å²) < 4.78 is 5.12. The minimum absolute atomic E-state index is 0.265. The quantitative estimate of drug-likeness (QED) is 0.208. The number of unbranched alkanes of at least 4 members (excludes halogenated alkanes) is 12. The summed E-state index contributed by atoms with van der Waals surface area (Å²) >= 11 is 0. The number of benzene rings is 1. The molecule has 1 amide bonds. The molecule has 0 fully saturated rings. The maximum absolute atomic E-state index is 11.8. The second-order valence-corrected chi connectivity index (χ2v) is 7.54. The third-order valence-corrected chi connectivity index (χ3v) is 4.95. The summed E-state index contributed by atoms with van der Waals surface area (Å²) in [5.74, 6) is -1.60. The van der Waals surface area contributed by atoms with Crippen molar-refractivity contribution in [2.24, 2.45) is 0 Å². The molecule has 1 rings (SSSR count). The predicted octanol–water partition coefficient (Wildman–Crippen LogP) is 6.73. The highest BCUT2D eigenvalue weighted by molar-refractivity contribution is 5.93. The molecule has 1 aromatic rings. The molecule has 0 atom stereocenters. The van der Waals surface area contributed by atoms with Gasteiger partial charge >= 0.3 is 12.1 Å². The Morgan fingerprint density at radius 1 is 0.862 bits per heavy atom. The highest BCUT2D eigenvalue weighted by atomic mass is 16.5. The molecule has 0 aliphatic heterocycles. The number of carbonyl (C=O) groups is 2. The number of amides is 1. The Kier molecular flexibility index (Phi) is 13.4. The fraction of sp³-hybridized carbons (Fsp3) is 0.652. The van der Waals surface area contributed by atoms with E-state index in [0.717, 1.165) is 19.3 Å². The number of carboxylic acids is 1. The Labute approximate surface area is 174 Å². The highest BCUT2D eigenvalue weighted by Crippen LogP contribution is 2.21. The molecule has 0 unspecified atom stereocenters. The molecule has 0 bridgehead atoms. The lowest BCUT2D eigenvalue weighted by Gasteiger charge is -2.08. The summed E-state index contributed by atoms with van der Waals surface area (Å²) in [4.78, 5) is 22.7. The van der Waals surface area contributed by atoms with E-state index < -0.39 is 12.1 Å². The molecular formula is C23H37NO5. The molecule has 0 aromatic heterocycles. The van der Waals surface area contributed by atoms with E-state index in [9.17, 15) is 14.7 Å². The molecule has 0 spiro atoms. The standard InChI is InChI=1S/C23H37NO5/c1-2-3-4-5-6-7-8-9-10-11-12-13-14-17-29-23(28)24-19-15-16-21(25)20(18-19)22(26)27/h15-16,18,25H,2-14,17H2,1H3,(H,24,28)(H,26,27). The van der Waals surface area contributed by atoms with Gasteiger partial charge in [0.1, 0.15) is 11.3 Å². The van der Waals surface area contributed by atoms with E-state index in [0.29, 0.717) is 6.61 Å². The van der Waals surface area contributed by atoms with Crippen LogP contribution in [0.4, 0.5) is 10.5 Å². The van der Waals surface area contributed by atoms with Gasteiger partial charge in [0.15, 0.2) is 0 Å². The molecule has 29 heavy (non-hydrogen) atoms. The summed E-state index contributed by atoms with van der Waals surface area (Å²) in [5, 5.41) is 20.9. The van der Waals surface area contributed by atoms with Crippen LogP contribution >= 0.6 is 0 Å². The van der Waals surface area contributed by atoms with Gasteiger partial charge in [-0.05, 0) is 24.6 Å². The van der Waals surface area contributed by atoms with Crippen molar-refractivity contribution in [3.63, 3.8) is 0 Å². The van der Waals surface area contributed by atoms with Crippen LogP contribution in [0.25, 0.3) is 0 Å². The van der Waals surface area contributed by atoms with Crippen molar-refractivity contribution >= 4 is 17.7 Å². The SMILES string of the molecule is CCCCCCCCCCCCCCCOC(=O)Nc1ccc(O)c(C(=O)O)c1. The Morgan fingerprint density at radius 2 is 1.38 bits per heavy atom. The molecule has 6 heteroatoms. The van der Waals surface area contributed by atoms with Crippen molar-refractivity contribution in [1.82, 2.24) is 0 Å². The maximum atomic E-state index is 11.8. The van der Waals surface area contributed by atoms with Crippen molar-refractivity contribution in [1.29, 1.82) is 0 Å². The molecule has 0 saturated heterocycles. The van der Waals surface area contributed by atoms with Crippen molar-refractivity contribution in [2.45, 2.75) is 90.4 Å². The number of carbonyl (C=O) groups excluding carboxylic acids is 1. The minimum atomic E-state index is -1.26. The van der Waals surface area contributed by atoms with Crippen molar-refractivity contribution in [2.75, 3.05) is 11.9 Å². The van der Waals surface area contributed by atoms with Gasteiger partial charge in [-0.3, -0.25) is 5.32 Å².